The molecule has 110 valence electrons. The number of primary amides is 1. The van der Waals surface area contributed by atoms with Crippen LogP contribution in [0.1, 0.15) is 25.6 Å². The maximum absolute atomic E-state index is 12.0. The molecule has 8 heteroatoms. The van der Waals surface area contributed by atoms with E-state index in [2.05, 4.69) is 15.5 Å². The first-order valence-electron chi connectivity index (χ1n) is 6.80. The van der Waals surface area contributed by atoms with E-state index >= 15 is 0 Å². The third kappa shape index (κ3) is 3.25. The number of carbonyl (C=O) groups is 2. The zero-order valence-corrected chi connectivity index (χ0v) is 11.6. The van der Waals surface area contributed by atoms with Crippen LogP contribution in [0.2, 0.25) is 0 Å². The van der Waals surface area contributed by atoms with Gasteiger partial charge in [-0.05, 0) is 19.8 Å². The summed E-state index contributed by atoms with van der Waals surface area (Å²) < 4.78 is 1.87. The lowest BCUT2D eigenvalue weighted by Crippen LogP contribution is -2.46. The number of amides is 3. The van der Waals surface area contributed by atoms with Crippen LogP contribution in [0.4, 0.5) is 4.79 Å². The lowest BCUT2D eigenvalue weighted by Gasteiger charge is -2.30. The van der Waals surface area contributed by atoms with Crippen molar-refractivity contribution in [3.8, 4) is 0 Å². The summed E-state index contributed by atoms with van der Waals surface area (Å²) in [6.07, 6.45) is 2.90. The van der Waals surface area contributed by atoms with Crippen molar-refractivity contribution >= 4 is 11.9 Å². The molecule has 3 N–H and O–H groups in total. The largest absolute Gasteiger partial charge is 0.369 e. The maximum Gasteiger partial charge on any atom is 0.317 e. The molecule has 1 aromatic rings. The summed E-state index contributed by atoms with van der Waals surface area (Å²) in [5.74, 6) is 0.344. The van der Waals surface area contributed by atoms with Gasteiger partial charge in [-0.2, -0.15) is 0 Å². The number of hydrogen-bond acceptors (Lipinski definition) is 4. The van der Waals surface area contributed by atoms with E-state index in [1.54, 1.807) is 11.2 Å². The molecule has 0 spiro atoms. The Bertz CT molecular complexity index is 478. The van der Waals surface area contributed by atoms with E-state index in [1.807, 2.05) is 11.5 Å². The van der Waals surface area contributed by atoms with Gasteiger partial charge in [-0.1, -0.05) is 0 Å². The van der Waals surface area contributed by atoms with Crippen molar-refractivity contribution in [1.82, 2.24) is 25.0 Å². The molecular weight excluding hydrogens is 260 g/mol. The molecule has 20 heavy (non-hydrogen) atoms. The van der Waals surface area contributed by atoms with E-state index < -0.39 is 0 Å². The zero-order valence-electron chi connectivity index (χ0n) is 11.6. The van der Waals surface area contributed by atoms with Crippen LogP contribution < -0.4 is 11.1 Å². The van der Waals surface area contributed by atoms with Crippen LogP contribution in [0.15, 0.2) is 6.33 Å². The summed E-state index contributed by atoms with van der Waals surface area (Å²) in [6.45, 7) is 4.22. The van der Waals surface area contributed by atoms with Gasteiger partial charge < -0.3 is 20.5 Å². The first kappa shape index (κ1) is 14.3. The molecule has 1 aliphatic rings. The van der Waals surface area contributed by atoms with E-state index in [0.717, 1.165) is 12.4 Å². The van der Waals surface area contributed by atoms with Crippen molar-refractivity contribution in [3.63, 3.8) is 0 Å². The highest BCUT2D eigenvalue weighted by molar-refractivity contribution is 5.78. The van der Waals surface area contributed by atoms with E-state index in [1.165, 1.54) is 0 Å². The molecule has 1 aromatic heterocycles. The summed E-state index contributed by atoms with van der Waals surface area (Å²) in [7, 11) is 0. The van der Waals surface area contributed by atoms with E-state index in [0.29, 0.717) is 32.5 Å². The molecule has 1 aliphatic heterocycles. The fraction of sp³-hybridized carbons (Fsp3) is 0.667. The summed E-state index contributed by atoms with van der Waals surface area (Å²) in [5.41, 5.74) is 5.27. The fourth-order valence-electron chi connectivity index (χ4n) is 2.31. The van der Waals surface area contributed by atoms with Crippen molar-refractivity contribution < 1.29 is 9.59 Å². The topological polar surface area (TPSA) is 106 Å². The second kappa shape index (κ2) is 6.36. The lowest BCUT2D eigenvalue weighted by atomic mass is 9.96. The fourth-order valence-corrected chi connectivity index (χ4v) is 2.31. The Morgan fingerprint density at radius 1 is 1.45 bits per heavy atom. The Kier molecular flexibility index (Phi) is 4.54. The lowest BCUT2D eigenvalue weighted by molar-refractivity contribution is -0.123. The number of nitrogens with zero attached hydrogens (tertiary/aromatic N) is 4. The first-order valence-corrected chi connectivity index (χ1v) is 6.80. The normalized spacial score (nSPS) is 16.1. The van der Waals surface area contributed by atoms with Gasteiger partial charge in [0, 0.05) is 25.6 Å². The molecule has 0 aliphatic carbocycles. The second-order valence-electron chi connectivity index (χ2n) is 4.86. The summed E-state index contributed by atoms with van der Waals surface area (Å²) in [4.78, 5) is 24.8. The summed E-state index contributed by atoms with van der Waals surface area (Å²) in [6, 6.07) is -0.140. The number of nitrogens with one attached hydrogen (secondary N) is 1. The van der Waals surface area contributed by atoms with Crippen LogP contribution in [0.5, 0.6) is 0 Å². The van der Waals surface area contributed by atoms with Gasteiger partial charge in [0.1, 0.15) is 6.33 Å². The average Bonchev–Trinajstić information content (AvgIpc) is 2.92. The van der Waals surface area contributed by atoms with Gasteiger partial charge in [0.25, 0.3) is 0 Å². The van der Waals surface area contributed by atoms with E-state index in [4.69, 9.17) is 5.73 Å². The number of aromatic nitrogens is 3. The van der Waals surface area contributed by atoms with E-state index in [9.17, 15) is 9.59 Å². The molecule has 0 unspecified atom stereocenters. The maximum atomic E-state index is 12.0. The van der Waals surface area contributed by atoms with Gasteiger partial charge in [0.05, 0.1) is 6.54 Å². The molecule has 2 heterocycles. The van der Waals surface area contributed by atoms with Gasteiger partial charge in [0.15, 0.2) is 5.82 Å². The molecular formula is C12H20N6O2. The Labute approximate surface area is 117 Å². The molecule has 2 rings (SSSR count). The van der Waals surface area contributed by atoms with Gasteiger partial charge in [0.2, 0.25) is 5.91 Å². The predicted molar refractivity (Wildman–Crippen MR) is 71.4 cm³/mol. The molecule has 1 fully saturated rings. The number of carbonyl (C=O) groups excluding carboxylic acids is 2. The Hall–Kier alpha value is -2.12. The summed E-state index contributed by atoms with van der Waals surface area (Å²) in [5, 5.41) is 10.6. The molecule has 1 saturated heterocycles. The predicted octanol–water partition coefficient (Wildman–Crippen LogP) is -0.295. The van der Waals surface area contributed by atoms with Crippen LogP contribution in [0.3, 0.4) is 0 Å². The first-order chi connectivity index (χ1) is 9.61. The van der Waals surface area contributed by atoms with Crippen molar-refractivity contribution in [1.29, 1.82) is 0 Å². The minimum Gasteiger partial charge on any atom is -0.369 e. The zero-order chi connectivity index (χ0) is 14.5. The van der Waals surface area contributed by atoms with Crippen LogP contribution in [-0.4, -0.2) is 44.7 Å². The monoisotopic (exact) mass is 280 g/mol. The Balaban J connectivity index is 1.80. The third-order valence-corrected chi connectivity index (χ3v) is 3.62. The molecule has 0 atom stereocenters. The van der Waals surface area contributed by atoms with E-state index in [-0.39, 0.29) is 17.9 Å². The Morgan fingerprint density at radius 3 is 2.75 bits per heavy atom. The number of piperidine rings is 1. The number of nitrogens with two attached hydrogens (primary N) is 1. The van der Waals surface area contributed by atoms with Gasteiger partial charge >= 0.3 is 6.03 Å². The Morgan fingerprint density at radius 2 is 2.15 bits per heavy atom. The van der Waals surface area contributed by atoms with Gasteiger partial charge in [-0.15, -0.1) is 10.2 Å². The highest BCUT2D eigenvalue weighted by Gasteiger charge is 2.25. The third-order valence-electron chi connectivity index (χ3n) is 3.62. The highest BCUT2D eigenvalue weighted by atomic mass is 16.2. The smallest absolute Gasteiger partial charge is 0.317 e. The molecule has 3 amide bonds. The van der Waals surface area contributed by atoms with Crippen LogP contribution in [0.25, 0.3) is 0 Å². The standard InChI is InChI=1S/C12H20N6O2/c1-2-17-8-15-16-10(17)7-14-12(20)18-5-3-9(4-6-18)11(13)19/h8-9H,2-7H2,1H3,(H2,13,19)(H,14,20). The number of hydrogen-bond donors (Lipinski definition) is 2. The van der Waals surface area contributed by atoms with Crippen molar-refractivity contribution in [2.45, 2.75) is 32.9 Å². The average molecular weight is 280 g/mol. The van der Waals surface area contributed by atoms with Gasteiger partial charge in [-0.3, -0.25) is 4.79 Å². The van der Waals surface area contributed by atoms with Crippen molar-refractivity contribution in [2.75, 3.05) is 13.1 Å². The van der Waals surface area contributed by atoms with Crippen LogP contribution in [0, 0.1) is 5.92 Å². The molecule has 0 bridgehead atoms. The van der Waals surface area contributed by atoms with Crippen molar-refractivity contribution in [3.05, 3.63) is 12.2 Å². The molecule has 0 saturated carbocycles. The SMILES string of the molecule is CCn1cnnc1CNC(=O)N1CCC(C(N)=O)CC1. The number of urea groups is 1. The number of rotatable bonds is 4. The minimum absolute atomic E-state index is 0.109. The van der Waals surface area contributed by atoms with Crippen molar-refractivity contribution in [2.24, 2.45) is 11.7 Å². The molecule has 8 nitrogen and oxygen atoms in total. The van der Waals surface area contributed by atoms with Crippen LogP contribution in [-0.2, 0) is 17.9 Å². The molecule has 0 radical (unpaired) electrons. The second-order valence-corrected chi connectivity index (χ2v) is 4.86. The quantitative estimate of drug-likeness (QED) is 0.790. The van der Waals surface area contributed by atoms with Crippen LogP contribution >= 0.6 is 0 Å². The molecule has 0 aromatic carbocycles. The van der Waals surface area contributed by atoms with Gasteiger partial charge in [-0.25, -0.2) is 4.79 Å². The minimum atomic E-state index is -0.277. The summed E-state index contributed by atoms with van der Waals surface area (Å²) >= 11 is 0. The number of likely N-dealkylation sites (tertiary alicyclic amines) is 1. The highest BCUT2D eigenvalue weighted by Crippen LogP contribution is 2.16. The number of aryl methyl sites for hydroxylation is 1.